The number of nitrogens with two attached hydrogens (primary N) is 1. The summed E-state index contributed by atoms with van der Waals surface area (Å²) in [6, 6.07) is 8.31. The van der Waals surface area contributed by atoms with Crippen LogP contribution in [0.3, 0.4) is 0 Å². The summed E-state index contributed by atoms with van der Waals surface area (Å²) in [6.07, 6.45) is 2.41. The van der Waals surface area contributed by atoms with Gasteiger partial charge in [0.25, 0.3) is 0 Å². The summed E-state index contributed by atoms with van der Waals surface area (Å²) >= 11 is 6.01. The second-order valence-electron chi connectivity index (χ2n) is 6.21. The summed E-state index contributed by atoms with van der Waals surface area (Å²) in [4.78, 5) is 8.11. The van der Waals surface area contributed by atoms with Gasteiger partial charge in [0.05, 0.1) is 13.3 Å². The highest BCUT2D eigenvalue weighted by Gasteiger charge is 2.14. The summed E-state index contributed by atoms with van der Waals surface area (Å²) in [5, 5.41) is 9.99. The van der Waals surface area contributed by atoms with Gasteiger partial charge in [-0.05, 0) is 35.9 Å². The van der Waals surface area contributed by atoms with E-state index in [0.717, 1.165) is 12.3 Å². The Hall–Kier alpha value is -2.75. The first-order chi connectivity index (χ1) is 13.6. The Morgan fingerprint density at radius 3 is 2.62 bits per heavy atom. The highest BCUT2D eigenvalue weighted by molar-refractivity contribution is 7.98. The van der Waals surface area contributed by atoms with Crippen LogP contribution in [0.4, 0.5) is 20.4 Å². The molecule has 6 nitrogen and oxygen atoms in total. The zero-order chi connectivity index (χ0) is 21.2. The summed E-state index contributed by atoms with van der Waals surface area (Å²) in [5.74, 6) is -0.374. The lowest BCUT2D eigenvalue weighted by molar-refractivity contribution is 0.412. The van der Waals surface area contributed by atoms with Crippen LogP contribution in [-0.2, 0) is 9.71 Å². The van der Waals surface area contributed by atoms with Crippen LogP contribution in [0, 0.1) is 11.6 Å². The number of nitrogens with zero attached hydrogens (tertiary/aromatic N) is 2. The Balaban J connectivity index is 2.01. The van der Waals surface area contributed by atoms with Gasteiger partial charge in [-0.1, -0.05) is 11.6 Å². The molecule has 3 rings (SSSR count). The van der Waals surface area contributed by atoms with Crippen molar-refractivity contribution in [3.8, 4) is 16.9 Å². The molecule has 2 heterocycles. The van der Waals surface area contributed by atoms with Crippen LogP contribution in [0.25, 0.3) is 11.1 Å². The number of nitrogens with one attached hydrogen (secondary N) is 1. The van der Waals surface area contributed by atoms with Gasteiger partial charge < -0.3 is 10.1 Å². The van der Waals surface area contributed by atoms with Crippen LogP contribution < -0.4 is 15.2 Å². The normalized spacial score (nSPS) is 12.9. The molecule has 0 aliphatic heterocycles. The van der Waals surface area contributed by atoms with Crippen molar-refractivity contribution in [1.29, 1.82) is 0 Å². The minimum atomic E-state index is -2.64. The predicted octanol–water partition coefficient (Wildman–Crippen LogP) is 3.77. The van der Waals surface area contributed by atoms with Crippen LogP contribution in [0.5, 0.6) is 5.75 Å². The summed E-state index contributed by atoms with van der Waals surface area (Å²) in [7, 11) is -1.27. The van der Waals surface area contributed by atoms with Gasteiger partial charge in [0.1, 0.15) is 34.2 Å². The average Bonchev–Trinajstić information content (AvgIpc) is 2.61. The van der Waals surface area contributed by atoms with E-state index < -0.39 is 21.3 Å². The minimum absolute atomic E-state index is 0.146. The van der Waals surface area contributed by atoms with Gasteiger partial charge in [-0.15, -0.1) is 0 Å². The zero-order valence-electron chi connectivity index (χ0n) is 15.4. The van der Waals surface area contributed by atoms with Crippen LogP contribution in [0.15, 0.2) is 42.6 Å². The van der Waals surface area contributed by atoms with Gasteiger partial charge in [0.15, 0.2) is 0 Å². The number of pyridine rings is 2. The van der Waals surface area contributed by atoms with E-state index in [1.54, 1.807) is 6.07 Å². The van der Waals surface area contributed by atoms with Crippen LogP contribution >= 0.6 is 11.6 Å². The summed E-state index contributed by atoms with van der Waals surface area (Å²) in [6.45, 7) is 0. The first-order valence-electron chi connectivity index (χ1n) is 8.20. The lowest BCUT2D eigenvalue weighted by Gasteiger charge is -2.12. The molecule has 0 aliphatic rings. The van der Waals surface area contributed by atoms with E-state index in [2.05, 4.69) is 15.3 Å². The number of hydrogen-bond acceptors (Lipinski definition) is 5. The number of ether oxygens (including phenoxy) is 1. The molecule has 1 atom stereocenters. The fraction of sp³-hybridized carbons (Fsp3) is 0.105. The molecule has 1 aromatic carbocycles. The molecule has 0 saturated heterocycles. The molecule has 0 radical (unpaired) electrons. The lowest BCUT2D eigenvalue weighted by Crippen LogP contribution is -2.13. The van der Waals surface area contributed by atoms with Gasteiger partial charge in [-0.2, -0.15) is 0 Å². The first-order valence-corrected chi connectivity index (χ1v) is 10.7. The van der Waals surface area contributed by atoms with E-state index in [4.69, 9.17) is 21.5 Å². The minimum Gasteiger partial charge on any atom is -0.496 e. The van der Waals surface area contributed by atoms with Gasteiger partial charge in [0, 0.05) is 38.5 Å². The van der Waals surface area contributed by atoms with Gasteiger partial charge in [-0.25, -0.2) is 18.7 Å². The molecule has 3 aromatic rings. The van der Waals surface area contributed by atoms with E-state index in [-0.39, 0.29) is 22.3 Å². The molecule has 10 heteroatoms. The maximum Gasteiger partial charge on any atom is 0.149 e. The summed E-state index contributed by atoms with van der Waals surface area (Å²) in [5.41, 5.74) is 1.02. The molecule has 29 heavy (non-hydrogen) atoms. The quantitative estimate of drug-likeness (QED) is 0.467. The maximum absolute atomic E-state index is 14.4. The first kappa shape index (κ1) is 21.0. The van der Waals surface area contributed by atoms with E-state index in [0.29, 0.717) is 16.9 Å². The van der Waals surface area contributed by atoms with E-state index in [9.17, 15) is 13.0 Å². The third-order valence-electron chi connectivity index (χ3n) is 3.75. The number of hydrogen-bond donors (Lipinski definition) is 2. The molecule has 0 fully saturated rings. The van der Waals surface area contributed by atoms with Crippen molar-refractivity contribution >= 4 is 38.3 Å². The second-order valence-corrected chi connectivity index (χ2v) is 8.77. The standard InChI is InChI=1S/C19H17ClF2N4O2S/c1-28-16-7-12(21)3-4-13(16)14-8-18(24-9-15(14)22)26-19-6-11(5-17(20)25-19)10-29(2,23)27/h3-10H,1-2H3,(H2,23,27)(H,24,25,26). The molecule has 0 spiro atoms. The van der Waals surface area contributed by atoms with Crippen molar-refractivity contribution < 1.29 is 17.7 Å². The molecule has 1 unspecified atom stereocenters. The largest absolute Gasteiger partial charge is 0.496 e. The second kappa shape index (κ2) is 8.32. The van der Waals surface area contributed by atoms with Gasteiger partial charge >= 0.3 is 0 Å². The van der Waals surface area contributed by atoms with E-state index >= 15 is 0 Å². The molecular formula is C19H17ClF2N4O2S. The van der Waals surface area contributed by atoms with Crippen LogP contribution in [0.2, 0.25) is 5.15 Å². The highest BCUT2D eigenvalue weighted by atomic mass is 35.5. The number of benzene rings is 1. The number of rotatable bonds is 5. The van der Waals surface area contributed by atoms with Crippen LogP contribution in [0.1, 0.15) is 5.56 Å². The lowest BCUT2D eigenvalue weighted by atomic mass is 10.0. The predicted molar refractivity (Wildman–Crippen MR) is 112 cm³/mol. The van der Waals surface area contributed by atoms with Crippen molar-refractivity contribution in [2.24, 2.45) is 5.14 Å². The Labute approximate surface area is 171 Å². The van der Waals surface area contributed by atoms with Gasteiger partial charge in [0.2, 0.25) is 0 Å². The number of anilines is 2. The molecule has 0 aliphatic carbocycles. The van der Waals surface area contributed by atoms with Crippen molar-refractivity contribution in [2.75, 3.05) is 18.7 Å². The van der Waals surface area contributed by atoms with Crippen molar-refractivity contribution in [3.05, 3.63) is 64.9 Å². The van der Waals surface area contributed by atoms with Gasteiger partial charge in [-0.3, -0.25) is 9.35 Å². The number of methoxy groups -OCH3 is 1. The average molecular weight is 439 g/mol. The third kappa shape index (κ3) is 5.41. The van der Waals surface area contributed by atoms with Crippen LogP contribution in [-0.4, -0.2) is 32.9 Å². The zero-order valence-corrected chi connectivity index (χ0v) is 17.0. The monoisotopic (exact) mass is 438 g/mol. The number of halogens is 3. The Kier molecular flexibility index (Phi) is 6.02. The van der Waals surface area contributed by atoms with Crippen molar-refractivity contribution in [1.82, 2.24) is 9.97 Å². The van der Waals surface area contributed by atoms with E-state index in [1.807, 2.05) is 0 Å². The smallest absolute Gasteiger partial charge is 0.149 e. The third-order valence-corrected chi connectivity index (χ3v) is 4.69. The molecule has 0 bridgehead atoms. The maximum atomic E-state index is 14.4. The number of aromatic nitrogens is 2. The molecular weight excluding hydrogens is 422 g/mol. The topological polar surface area (TPSA) is 90.1 Å². The molecule has 152 valence electrons. The van der Waals surface area contributed by atoms with Crippen molar-refractivity contribution in [2.45, 2.75) is 0 Å². The molecule has 3 N–H and O–H groups in total. The molecule has 2 aromatic heterocycles. The molecule has 0 amide bonds. The highest BCUT2D eigenvalue weighted by Crippen LogP contribution is 2.33. The Bertz CT molecular complexity index is 1190. The van der Waals surface area contributed by atoms with Crippen molar-refractivity contribution in [3.63, 3.8) is 0 Å². The fourth-order valence-electron chi connectivity index (χ4n) is 2.65. The Morgan fingerprint density at radius 1 is 1.17 bits per heavy atom. The fourth-order valence-corrected chi connectivity index (χ4v) is 3.54. The van der Waals surface area contributed by atoms with E-state index in [1.165, 1.54) is 43.0 Å². The Morgan fingerprint density at radius 2 is 1.93 bits per heavy atom. The summed E-state index contributed by atoms with van der Waals surface area (Å²) < 4.78 is 44.8. The SMILES string of the molecule is COc1cc(F)ccc1-c1cc(Nc2cc(C=S(C)(N)=O)cc(Cl)n2)ncc1F. The molecule has 0 saturated carbocycles.